The molecule has 2 N–H and O–H groups in total. The molecule has 1 heterocycles. The van der Waals surface area contributed by atoms with Gasteiger partial charge in [-0.3, -0.25) is 4.79 Å². The lowest BCUT2D eigenvalue weighted by Crippen LogP contribution is -2.57. The molecule has 84 valence electrons. The van der Waals surface area contributed by atoms with Gasteiger partial charge in [-0.15, -0.1) is 0 Å². The number of nitriles is 1. The lowest BCUT2D eigenvalue weighted by atomic mass is 10.2. The van der Waals surface area contributed by atoms with Crippen molar-refractivity contribution in [1.82, 2.24) is 9.62 Å². The number of carboxylic acids is 1. The molecular formula is C7H11N3O4S. The maximum atomic E-state index is 11.5. The van der Waals surface area contributed by atoms with E-state index in [0.29, 0.717) is 6.54 Å². The van der Waals surface area contributed by atoms with Crippen LogP contribution in [0.3, 0.4) is 0 Å². The Hall–Kier alpha value is -1.17. The highest BCUT2D eigenvalue weighted by molar-refractivity contribution is 7.89. The van der Waals surface area contributed by atoms with Crippen molar-refractivity contribution in [2.45, 2.75) is 6.04 Å². The van der Waals surface area contributed by atoms with Gasteiger partial charge in [0.25, 0.3) is 0 Å². The van der Waals surface area contributed by atoms with Crippen molar-refractivity contribution in [3.63, 3.8) is 0 Å². The number of carbonyl (C=O) groups is 1. The van der Waals surface area contributed by atoms with E-state index >= 15 is 0 Å². The number of rotatable bonds is 3. The number of nitrogens with one attached hydrogen (secondary N) is 1. The highest BCUT2D eigenvalue weighted by Gasteiger charge is 2.36. The average molecular weight is 233 g/mol. The van der Waals surface area contributed by atoms with Gasteiger partial charge in [-0.25, -0.2) is 8.42 Å². The predicted molar refractivity (Wildman–Crippen MR) is 50.4 cm³/mol. The fraction of sp³-hybridized carbons (Fsp3) is 0.714. The van der Waals surface area contributed by atoms with E-state index in [1.165, 1.54) is 6.07 Å². The fourth-order valence-electron chi connectivity index (χ4n) is 1.39. The summed E-state index contributed by atoms with van der Waals surface area (Å²) >= 11 is 0. The molecule has 0 aromatic rings. The molecule has 1 aliphatic heterocycles. The summed E-state index contributed by atoms with van der Waals surface area (Å²) in [6.45, 7) is 0.551. The van der Waals surface area contributed by atoms with Crippen molar-refractivity contribution in [2.75, 3.05) is 25.4 Å². The number of carboxylic acid groups (broad SMARTS) is 1. The number of aliphatic carboxylic acids is 1. The molecule has 0 saturated carbocycles. The summed E-state index contributed by atoms with van der Waals surface area (Å²) in [5, 5.41) is 19.9. The van der Waals surface area contributed by atoms with Crippen molar-refractivity contribution in [3.8, 4) is 6.07 Å². The molecule has 0 bridgehead atoms. The maximum absolute atomic E-state index is 11.5. The van der Waals surface area contributed by atoms with Gasteiger partial charge >= 0.3 is 5.97 Å². The molecule has 1 fully saturated rings. The third-order valence-electron chi connectivity index (χ3n) is 2.08. The van der Waals surface area contributed by atoms with Crippen LogP contribution >= 0.6 is 0 Å². The van der Waals surface area contributed by atoms with Crippen molar-refractivity contribution >= 4 is 16.0 Å². The Bertz CT molecular complexity index is 386. The molecule has 1 rings (SSSR count). The molecule has 1 atom stereocenters. The van der Waals surface area contributed by atoms with E-state index in [1.54, 1.807) is 0 Å². The van der Waals surface area contributed by atoms with Crippen LogP contribution < -0.4 is 5.32 Å². The molecule has 0 aromatic carbocycles. The fourth-order valence-corrected chi connectivity index (χ4v) is 2.64. The van der Waals surface area contributed by atoms with E-state index < -0.39 is 27.8 Å². The zero-order chi connectivity index (χ0) is 11.5. The van der Waals surface area contributed by atoms with E-state index in [4.69, 9.17) is 10.4 Å². The number of nitrogens with zero attached hydrogens (tertiary/aromatic N) is 2. The molecule has 0 aromatic heterocycles. The Morgan fingerprint density at radius 3 is 2.87 bits per heavy atom. The van der Waals surface area contributed by atoms with E-state index in [2.05, 4.69) is 5.32 Å². The van der Waals surface area contributed by atoms with Crippen molar-refractivity contribution in [3.05, 3.63) is 0 Å². The summed E-state index contributed by atoms with van der Waals surface area (Å²) in [7, 11) is -3.78. The minimum Gasteiger partial charge on any atom is -0.480 e. The third-order valence-corrected chi connectivity index (χ3v) is 3.73. The van der Waals surface area contributed by atoms with Crippen LogP contribution in [0.25, 0.3) is 0 Å². The Morgan fingerprint density at radius 1 is 1.67 bits per heavy atom. The zero-order valence-corrected chi connectivity index (χ0v) is 8.70. The highest BCUT2D eigenvalue weighted by atomic mass is 32.2. The summed E-state index contributed by atoms with van der Waals surface area (Å²) in [5.74, 6) is -1.89. The van der Waals surface area contributed by atoms with Gasteiger partial charge in [-0.1, -0.05) is 0 Å². The van der Waals surface area contributed by atoms with Gasteiger partial charge in [0.15, 0.2) is 5.75 Å². The van der Waals surface area contributed by atoms with Gasteiger partial charge < -0.3 is 10.4 Å². The number of sulfonamides is 1. The van der Waals surface area contributed by atoms with Crippen molar-refractivity contribution in [1.29, 1.82) is 5.26 Å². The average Bonchev–Trinajstić information content (AvgIpc) is 2.17. The van der Waals surface area contributed by atoms with E-state index in [1.807, 2.05) is 0 Å². The molecule has 0 aliphatic carbocycles. The number of piperazine rings is 1. The molecule has 1 unspecified atom stereocenters. The topological polar surface area (TPSA) is 111 Å². The van der Waals surface area contributed by atoms with Gasteiger partial charge in [-0.2, -0.15) is 9.57 Å². The van der Waals surface area contributed by atoms with Crippen LogP contribution in [-0.4, -0.2) is 55.2 Å². The van der Waals surface area contributed by atoms with Crippen molar-refractivity contribution < 1.29 is 18.3 Å². The largest absolute Gasteiger partial charge is 0.480 e. The maximum Gasteiger partial charge on any atom is 0.323 e. The van der Waals surface area contributed by atoms with Gasteiger partial charge in [-0.05, 0) is 0 Å². The first-order valence-electron chi connectivity index (χ1n) is 4.29. The Labute approximate surface area is 87.3 Å². The second-order valence-electron chi connectivity index (χ2n) is 3.08. The van der Waals surface area contributed by atoms with Gasteiger partial charge in [0, 0.05) is 19.6 Å². The number of hydrogen-bond donors (Lipinski definition) is 2. The molecule has 0 amide bonds. The molecule has 0 spiro atoms. The van der Waals surface area contributed by atoms with E-state index in [0.717, 1.165) is 4.31 Å². The van der Waals surface area contributed by atoms with Crippen molar-refractivity contribution in [2.24, 2.45) is 0 Å². The molecule has 1 saturated heterocycles. The summed E-state index contributed by atoms with van der Waals surface area (Å²) in [6.07, 6.45) is 0. The summed E-state index contributed by atoms with van der Waals surface area (Å²) in [4.78, 5) is 10.8. The molecule has 1 aliphatic rings. The van der Waals surface area contributed by atoms with Gasteiger partial charge in [0.1, 0.15) is 6.04 Å². The lowest BCUT2D eigenvalue weighted by Gasteiger charge is -2.31. The van der Waals surface area contributed by atoms with Crippen LogP contribution in [-0.2, 0) is 14.8 Å². The highest BCUT2D eigenvalue weighted by Crippen LogP contribution is 2.10. The molecule has 15 heavy (non-hydrogen) atoms. The minimum absolute atomic E-state index is 0.0694. The van der Waals surface area contributed by atoms with Crippen LogP contribution in [0.15, 0.2) is 0 Å². The van der Waals surface area contributed by atoms with Crippen LogP contribution in [0.2, 0.25) is 0 Å². The first-order chi connectivity index (χ1) is 6.99. The second-order valence-corrected chi connectivity index (χ2v) is 5.00. The Morgan fingerprint density at radius 2 is 2.33 bits per heavy atom. The quantitative estimate of drug-likeness (QED) is 0.595. The normalized spacial score (nSPS) is 23.3. The zero-order valence-electron chi connectivity index (χ0n) is 7.88. The first-order valence-corrected chi connectivity index (χ1v) is 5.90. The van der Waals surface area contributed by atoms with E-state index in [9.17, 15) is 13.2 Å². The third kappa shape index (κ3) is 2.65. The Balaban J connectivity index is 2.91. The van der Waals surface area contributed by atoms with Crippen LogP contribution in [0.5, 0.6) is 0 Å². The minimum atomic E-state index is -3.78. The number of hydrogen-bond acceptors (Lipinski definition) is 5. The molecule has 0 radical (unpaired) electrons. The van der Waals surface area contributed by atoms with Crippen LogP contribution in [0, 0.1) is 11.3 Å². The smallest absolute Gasteiger partial charge is 0.323 e. The second kappa shape index (κ2) is 4.57. The van der Waals surface area contributed by atoms with E-state index in [-0.39, 0.29) is 13.1 Å². The van der Waals surface area contributed by atoms with Gasteiger partial charge in [0.2, 0.25) is 10.0 Å². The van der Waals surface area contributed by atoms with Crippen LogP contribution in [0.1, 0.15) is 0 Å². The predicted octanol–water partition coefficient (Wildman–Crippen LogP) is -1.80. The SMILES string of the molecule is N#CCS(=O)(=O)N1CCNCC1C(=O)O. The van der Waals surface area contributed by atoms with Gasteiger partial charge in [0.05, 0.1) is 6.07 Å². The summed E-state index contributed by atoms with van der Waals surface area (Å²) in [6, 6.07) is 0.408. The van der Waals surface area contributed by atoms with Crippen LogP contribution in [0.4, 0.5) is 0 Å². The molecule has 8 heteroatoms. The summed E-state index contributed by atoms with van der Waals surface area (Å²) < 4.78 is 23.9. The molecular weight excluding hydrogens is 222 g/mol. The first kappa shape index (κ1) is 11.9. The summed E-state index contributed by atoms with van der Waals surface area (Å²) in [5.41, 5.74) is 0. The lowest BCUT2D eigenvalue weighted by molar-refractivity contribution is -0.141. The Kier molecular flexibility index (Phi) is 3.62. The standard InChI is InChI=1S/C7H11N3O4S/c8-1-4-15(13,14)10-3-2-9-5-6(10)7(11)12/h6,9H,2-5H2,(H,11,12). The molecule has 7 nitrogen and oxygen atoms in total. The monoisotopic (exact) mass is 233 g/mol.